The Morgan fingerprint density at radius 3 is 1.39 bits per heavy atom. The third-order valence-electron chi connectivity index (χ3n) is 3.02. The van der Waals surface area contributed by atoms with Gasteiger partial charge in [0.25, 0.3) is 0 Å². The molecule has 4 N–H and O–H groups in total. The lowest BCUT2D eigenvalue weighted by Crippen LogP contribution is -2.13. The number of anilines is 2. The molecule has 0 amide bonds. The summed E-state index contributed by atoms with van der Waals surface area (Å²) in [6, 6.07) is 12.8. The summed E-state index contributed by atoms with van der Waals surface area (Å²) in [6.45, 7) is 0.400. The second-order valence-electron chi connectivity index (χ2n) is 5.18. The molecule has 0 aliphatic heterocycles. The van der Waals surface area contributed by atoms with Crippen LogP contribution in [0.15, 0.2) is 48.5 Å². The van der Waals surface area contributed by atoms with Crippen molar-refractivity contribution in [2.45, 2.75) is 0 Å². The molecule has 0 heterocycles. The van der Waals surface area contributed by atoms with E-state index < -0.39 is 12.3 Å². The molecule has 0 radical (unpaired) electrons. The van der Waals surface area contributed by atoms with E-state index in [1.54, 1.807) is 48.5 Å². The van der Waals surface area contributed by atoms with Crippen molar-refractivity contribution in [1.29, 1.82) is 0 Å². The highest BCUT2D eigenvalue weighted by molar-refractivity contribution is 8.76. The van der Waals surface area contributed by atoms with Gasteiger partial charge in [-0.2, -0.15) is 0 Å². The minimum absolute atomic E-state index is 0.200. The van der Waals surface area contributed by atoms with Gasteiger partial charge in [0, 0.05) is 22.9 Å². The molecule has 0 aliphatic carbocycles. The van der Waals surface area contributed by atoms with Crippen molar-refractivity contribution in [3.8, 4) is 11.5 Å². The topological polar surface area (TPSA) is 123 Å². The van der Waals surface area contributed by atoms with E-state index >= 15 is 0 Å². The molecule has 0 saturated heterocycles. The van der Waals surface area contributed by atoms with Crippen LogP contribution >= 0.6 is 21.6 Å². The van der Waals surface area contributed by atoms with Gasteiger partial charge >= 0.3 is 12.3 Å². The lowest BCUT2D eigenvalue weighted by molar-refractivity contribution is 0.104. The van der Waals surface area contributed by atoms with Crippen LogP contribution in [0.2, 0.25) is 0 Å². The molecule has 10 heteroatoms. The van der Waals surface area contributed by atoms with Gasteiger partial charge in [0.15, 0.2) is 0 Å². The highest BCUT2D eigenvalue weighted by atomic mass is 33.1. The maximum Gasteiger partial charge on any atom is 0.513 e. The molecule has 28 heavy (non-hydrogen) atoms. The normalized spacial score (nSPS) is 10.1. The van der Waals surface area contributed by atoms with Gasteiger partial charge in [0.2, 0.25) is 0 Å². The smallest absolute Gasteiger partial charge is 0.433 e. The number of carbonyl (C=O) groups excluding carboxylic acids is 2. The number of benzene rings is 2. The van der Waals surface area contributed by atoms with Gasteiger partial charge in [-0.15, -0.1) is 0 Å². The molecule has 0 aliphatic rings. The Morgan fingerprint density at radius 1 is 0.679 bits per heavy atom. The van der Waals surface area contributed by atoms with Crippen molar-refractivity contribution in [2.75, 3.05) is 36.2 Å². The summed E-state index contributed by atoms with van der Waals surface area (Å²) in [5.41, 5.74) is 12.3. The van der Waals surface area contributed by atoms with E-state index in [9.17, 15) is 9.59 Å². The van der Waals surface area contributed by atoms with Gasteiger partial charge in [-0.1, -0.05) is 21.6 Å². The molecular formula is C18H20N2O6S2. The lowest BCUT2D eigenvalue weighted by atomic mass is 10.3. The predicted octanol–water partition coefficient (Wildman–Crippen LogP) is 3.96. The van der Waals surface area contributed by atoms with E-state index in [4.69, 9.17) is 30.4 Å². The molecule has 0 spiro atoms. The van der Waals surface area contributed by atoms with Crippen LogP contribution < -0.4 is 20.9 Å². The fraction of sp³-hybridized carbons (Fsp3) is 0.222. The van der Waals surface area contributed by atoms with Gasteiger partial charge in [-0.3, -0.25) is 0 Å². The lowest BCUT2D eigenvalue weighted by Gasteiger charge is -2.07. The summed E-state index contributed by atoms with van der Waals surface area (Å²) < 4.78 is 19.9. The number of ether oxygens (including phenoxy) is 4. The van der Waals surface area contributed by atoms with E-state index in [2.05, 4.69) is 0 Å². The van der Waals surface area contributed by atoms with Gasteiger partial charge < -0.3 is 30.4 Å². The van der Waals surface area contributed by atoms with E-state index in [0.29, 0.717) is 34.4 Å². The highest BCUT2D eigenvalue weighted by Crippen LogP contribution is 2.21. The SMILES string of the molecule is Nc1ccc(OC(=O)OCCSSCCOC(=O)Oc2ccc(N)cc2)cc1. The molecule has 0 unspecified atom stereocenters. The van der Waals surface area contributed by atoms with Crippen molar-refractivity contribution >= 4 is 45.3 Å². The Kier molecular flexibility index (Phi) is 9.16. The zero-order chi connectivity index (χ0) is 20.2. The number of nitrogens with two attached hydrogens (primary N) is 2. The fourth-order valence-corrected chi connectivity index (χ4v) is 3.41. The summed E-state index contributed by atoms with van der Waals surface area (Å²) in [5.74, 6) is 1.86. The summed E-state index contributed by atoms with van der Waals surface area (Å²) in [5, 5.41) is 0. The fourth-order valence-electron chi connectivity index (χ4n) is 1.76. The first-order chi connectivity index (χ1) is 13.5. The van der Waals surface area contributed by atoms with Crippen LogP contribution in [0.25, 0.3) is 0 Å². The monoisotopic (exact) mass is 424 g/mol. The second-order valence-corrected chi connectivity index (χ2v) is 7.89. The van der Waals surface area contributed by atoms with E-state index in [-0.39, 0.29) is 13.2 Å². The Morgan fingerprint density at radius 2 is 1.04 bits per heavy atom. The van der Waals surface area contributed by atoms with Crippen LogP contribution in [0.1, 0.15) is 0 Å². The Bertz CT molecular complexity index is 690. The first-order valence-corrected chi connectivity index (χ1v) is 10.7. The second kappa shape index (κ2) is 11.9. The van der Waals surface area contributed by atoms with E-state index in [0.717, 1.165) is 0 Å². The number of hydrogen-bond acceptors (Lipinski definition) is 10. The highest BCUT2D eigenvalue weighted by Gasteiger charge is 2.07. The van der Waals surface area contributed by atoms with E-state index in [1.807, 2.05) is 0 Å². The first kappa shape index (κ1) is 21.6. The minimum atomic E-state index is -0.774. The van der Waals surface area contributed by atoms with Crippen LogP contribution in [0, 0.1) is 0 Å². The minimum Gasteiger partial charge on any atom is -0.433 e. The average Bonchev–Trinajstić information content (AvgIpc) is 2.67. The van der Waals surface area contributed by atoms with Crippen molar-refractivity contribution < 1.29 is 28.5 Å². The Hall–Kier alpha value is -2.72. The van der Waals surface area contributed by atoms with Gasteiger partial charge in [0.1, 0.15) is 24.7 Å². The van der Waals surface area contributed by atoms with Crippen LogP contribution in [-0.2, 0) is 9.47 Å². The molecule has 0 aromatic heterocycles. The maximum atomic E-state index is 11.5. The number of carbonyl (C=O) groups is 2. The molecule has 0 bridgehead atoms. The Balaban J connectivity index is 1.45. The van der Waals surface area contributed by atoms with Crippen molar-refractivity contribution in [1.82, 2.24) is 0 Å². The molecular weight excluding hydrogens is 404 g/mol. The van der Waals surface area contributed by atoms with Crippen LogP contribution in [-0.4, -0.2) is 37.0 Å². The third-order valence-corrected chi connectivity index (χ3v) is 5.35. The summed E-state index contributed by atoms with van der Waals surface area (Å²) in [7, 11) is 2.96. The van der Waals surface area contributed by atoms with Gasteiger partial charge in [-0.25, -0.2) is 9.59 Å². The molecule has 0 atom stereocenters. The van der Waals surface area contributed by atoms with E-state index in [1.165, 1.54) is 21.6 Å². The summed E-state index contributed by atoms with van der Waals surface area (Å²) >= 11 is 0. The molecule has 150 valence electrons. The molecule has 2 aromatic carbocycles. The number of rotatable bonds is 9. The Labute approximate surface area is 170 Å². The predicted molar refractivity (Wildman–Crippen MR) is 111 cm³/mol. The summed E-state index contributed by atoms with van der Waals surface area (Å²) in [6.07, 6.45) is -1.55. The van der Waals surface area contributed by atoms with Crippen molar-refractivity contribution in [3.63, 3.8) is 0 Å². The van der Waals surface area contributed by atoms with Crippen molar-refractivity contribution in [3.05, 3.63) is 48.5 Å². The third kappa shape index (κ3) is 8.78. The average molecular weight is 425 g/mol. The zero-order valence-electron chi connectivity index (χ0n) is 14.9. The number of hydrogen-bond donors (Lipinski definition) is 2. The van der Waals surface area contributed by atoms with Crippen LogP contribution in [0.5, 0.6) is 11.5 Å². The molecule has 0 saturated carbocycles. The quantitative estimate of drug-likeness (QED) is 0.201. The molecule has 8 nitrogen and oxygen atoms in total. The van der Waals surface area contributed by atoms with Crippen molar-refractivity contribution in [2.24, 2.45) is 0 Å². The largest absolute Gasteiger partial charge is 0.513 e. The maximum absolute atomic E-state index is 11.5. The van der Waals surface area contributed by atoms with Gasteiger partial charge in [0.05, 0.1) is 0 Å². The van der Waals surface area contributed by atoms with Gasteiger partial charge in [-0.05, 0) is 48.5 Å². The first-order valence-electron chi connectivity index (χ1n) is 8.17. The standard InChI is InChI=1S/C18H20N2O6S2/c19-13-1-5-15(6-2-13)25-17(21)23-9-11-27-28-12-10-24-18(22)26-16-7-3-14(20)4-8-16/h1-8H,9-12,19-20H2. The van der Waals surface area contributed by atoms with Crippen LogP contribution in [0.3, 0.4) is 0 Å². The molecule has 2 rings (SSSR count). The van der Waals surface area contributed by atoms with Crippen LogP contribution in [0.4, 0.5) is 21.0 Å². The zero-order valence-corrected chi connectivity index (χ0v) is 16.5. The molecule has 2 aromatic rings. The summed E-state index contributed by atoms with van der Waals surface area (Å²) in [4.78, 5) is 23.0. The molecule has 0 fully saturated rings. The number of nitrogen functional groups attached to an aromatic ring is 2.